The van der Waals surface area contributed by atoms with E-state index in [0.29, 0.717) is 0 Å². The van der Waals surface area contributed by atoms with Crippen molar-refractivity contribution in [3.05, 3.63) is 12.2 Å². The topological polar surface area (TPSA) is 26.3 Å². The van der Waals surface area contributed by atoms with Gasteiger partial charge in [-0.2, -0.15) is 70.2 Å². The van der Waals surface area contributed by atoms with Crippen molar-refractivity contribution < 1.29 is 84.2 Å². The molecule has 2 unspecified atom stereocenters. The van der Waals surface area contributed by atoms with Gasteiger partial charge < -0.3 is 4.74 Å². The number of hydrogen-bond acceptors (Lipinski definition) is 2. The van der Waals surface area contributed by atoms with Gasteiger partial charge in [0.15, 0.2) is 0 Å². The van der Waals surface area contributed by atoms with Crippen molar-refractivity contribution >= 4 is 5.97 Å². The Morgan fingerprint density at radius 2 is 0.903 bits per heavy atom. The molecule has 0 amide bonds. The van der Waals surface area contributed by atoms with Gasteiger partial charge in [0.05, 0.1) is 0 Å². The van der Waals surface area contributed by atoms with Crippen molar-refractivity contribution in [3.63, 3.8) is 0 Å². The Morgan fingerprint density at radius 3 is 1.13 bits per heavy atom. The standard InChI is InChI=1S/C12H5F17O2/c1-3(2)4(30)31-9(20,7(16,17)8(18,19)12(27,28)29)5(13,10(21,22)23)6(14,15)11(24,25)26/h1H2,2H3. The molecule has 0 saturated carbocycles. The van der Waals surface area contributed by atoms with Gasteiger partial charge in [-0.1, -0.05) is 6.58 Å². The normalized spacial score (nSPS) is 18.8. The highest BCUT2D eigenvalue weighted by Gasteiger charge is 2.99. The Morgan fingerprint density at radius 1 is 0.581 bits per heavy atom. The summed E-state index contributed by atoms with van der Waals surface area (Å²) in [6, 6.07) is 0. The SMILES string of the molecule is C=C(C)C(=O)OC(F)(C(F)(F)C(F)(F)C(F)(F)F)C(F)(C(F)(F)F)C(F)(F)C(F)(F)F. The number of hydrogen-bond donors (Lipinski definition) is 0. The second-order valence-electron chi connectivity index (χ2n) is 5.64. The number of carbonyl (C=O) groups excluding carboxylic acids is 1. The van der Waals surface area contributed by atoms with E-state index in [9.17, 15) is 79.4 Å². The largest absolute Gasteiger partial charge is 0.460 e. The van der Waals surface area contributed by atoms with Crippen LogP contribution in [-0.2, 0) is 9.53 Å². The molecule has 31 heavy (non-hydrogen) atoms. The highest BCUT2D eigenvalue weighted by atomic mass is 19.4. The molecule has 0 aromatic carbocycles. The molecule has 0 aliphatic heterocycles. The van der Waals surface area contributed by atoms with E-state index in [2.05, 4.69) is 11.3 Å². The van der Waals surface area contributed by atoms with E-state index in [-0.39, 0.29) is 6.92 Å². The van der Waals surface area contributed by atoms with Gasteiger partial charge in [0.2, 0.25) is 0 Å². The number of halogens is 17. The van der Waals surface area contributed by atoms with Crippen molar-refractivity contribution in [3.8, 4) is 0 Å². The van der Waals surface area contributed by atoms with Crippen LogP contribution in [0.15, 0.2) is 12.2 Å². The van der Waals surface area contributed by atoms with Crippen LogP contribution in [0.4, 0.5) is 74.6 Å². The van der Waals surface area contributed by atoms with Crippen LogP contribution in [0.3, 0.4) is 0 Å². The maximum Gasteiger partial charge on any atom is 0.460 e. The van der Waals surface area contributed by atoms with Gasteiger partial charge in [-0.3, -0.25) is 0 Å². The molecule has 0 saturated heterocycles. The van der Waals surface area contributed by atoms with Crippen LogP contribution in [0.2, 0.25) is 0 Å². The lowest BCUT2D eigenvalue weighted by molar-refractivity contribution is -0.487. The Hall–Kier alpha value is -1.98. The molecule has 184 valence electrons. The number of ether oxygens (including phenoxy) is 1. The van der Waals surface area contributed by atoms with E-state index in [4.69, 9.17) is 0 Å². The molecule has 0 aromatic heterocycles. The zero-order chi connectivity index (χ0) is 25.9. The first-order chi connectivity index (χ1) is 13.1. The van der Waals surface area contributed by atoms with Gasteiger partial charge in [-0.25, -0.2) is 9.18 Å². The Kier molecular flexibility index (Phi) is 6.81. The van der Waals surface area contributed by atoms with Gasteiger partial charge >= 0.3 is 53.8 Å². The highest BCUT2D eigenvalue weighted by Crippen LogP contribution is 2.65. The van der Waals surface area contributed by atoms with Crippen molar-refractivity contribution in [1.82, 2.24) is 0 Å². The third-order valence-corrected chi connectivity index (χ3v) is 3.36. The maximum atomic E-state index is 14.5. The lowest BCUT2D eigenvalue weighted by Crippen LogP contribution is -2.80. The number of alkyl halides is 17. The first-order valence-electron chi connectivity index (χ1n) is 6.68. The minimum Gasteiger partial charge on any atom is -0.415 e. The van der Waals surface area contributed by atoms with Crippen LogP contribution in [0.5, 0.6) is 0 Å². The number of carbonyl (C=O) groups is 1. The van der Waals surface area contributed by atoms with E-state index in [1.807, 2.05) is 0 Å². The Bertz CT molecular complexity index is 714. The van der Waals surface area contributed by atoms with Gasteiger partial charge in [0.1, 0.15) is 0 Å². The van der Waals surface area contributed by atoms with Crippen molar-refractivity contribution in [1.29, 1.82) is 0 Å². The van der Waals surface area contributed by atoms with Gasteiger partial charge in [-0.05, 0) is 6.92 Å². The monoisotopic (exact) mass is 504 g/mol. The molecule has 0 bridgehead atoms. The first-order valence-corrected chi connectivity index (χ1v) is 6.68. The minimum absolute atomic E-state index is 0.109. The molecule has 0 fully saturated rings. The molecule has 0 spiro atoms. The molecular formula is C12H5F17O2. The summed E-state index contributed by atoms with van der Waals surface area (Å²) in [4.78, 5) is 11.1. The van der Waals surface area contributed by atoms with Crippen molar-refractivity contribution in [2.75, 3.05) is 0 Å². The zero-order valence-corrected chi connectivity index (χ0v) is 13.9. The molecule has 0 radical (unpaired) electrons. The lowest BCUT2D eigenvalue weighted by Gasteiger charge is -2.47. The molecule has 0 N–H and O–H groups in total. The summed E-state index contributed by atoms with van der Waals surface area (Å²) in [5.41, 5.74) is -10.5. The predicted octanol–water partition coefficient (Wildman–Crippen LogP) is 6.07. The van der Waals surface area contributed by atoms with Crippen LogP contribution < -0.4 is 0 Å². The van der Waals surface area contributed by atoms with Crippen molar-refractivity contribution in [2.45, 2.75) is 54.7 Å². The number of rotatable bonds is 6. The predicted molar refractivity (Wildman–Crippen MR) is 61.6 cm³/mol. The Labute approximate surface area is 158 Å². The fraction of sp³-hybridized carbons (Fsp3) is 0.750. The average molecular weight is 504 g/mol. The number of esters is 1. The second kappa shape index (κ2) is 7.28. The van der Waals surface area contributed by atoms with E-state index in [0.717, 1.165) is 0 Å². The third kappa shape index (κ3) is 3.87. The van der Waals surface area contributed by atoms with Crippen molar-refractivity contribution in [2.24, 2.45) is 0 Å². The van der Waals surface area contributed by atoms with E-state index >= 15 is 0 Å². The second-order valence-corrected chi connectivity index (χ2v) is 5.64. The van der Waals surface area contributed by atoms with Crippen LogP contribution in [0.1, 0.15) is 6.92 Å². The molecule has 19 heteroatoms. The lowest BCUT2D eigenvalue weighted by atomic mass is 9.81. The van der Waals surface area contributed by atoms with Crippen LogP contribution in [-0.4, -0.2) is 53.8 Å². The smallest absolute Gasteiger partial charge is 0.415 e. The Balaban J connectivity index is 7.72. The van der Waals surface area contributed by atoms with Gasteiger partial charge in [0, 0.05) is 5.57 Å². The quantitative estimate of drug-likeness (QED) is 0.250. The summed E-state index contributed by atoms with van der Waals surface area (Å²) in [6.45, 7) is 2.39. The highest BCUT2D eigenvalue weighted by molar-refractivity contribution is 5.87. The maximum absolute atomic E-state index is 14.5. The van der Waals surface area contributed by atoms with Crippen LogP contribution in [0.25, 0.3) is 0 Å². The summed E-state index contributed by atoms with van der Waals surface area (Å²) in [5.74, 6) is -37.0. The molecule has 0 heterocycles. The van der Waals surface area contributed by atoms with E-state index in [1.165, 1.54) is 0 Å². The van der Waals surface area contributed by atoms with Crippen LogP contribution >= 0.6 is 0 Å². The fourth-order valence-corrected chi connectivity index (χ4v) is 1.70. The molecule has 0 aliphatic rings. The summed E-state index contributed by atoms with van der Waals surface area (Å²) in [7, 11) is 0. The summed E-state index contributed by atoms with van der Waals surface area (Å²) in [5, 5.41) is 0. The zero-order valence-electron chi connectivity index (χ0n) is 13.9. The molecule has 2 nitrogen and oxygen atoms in total. The van der Waals surface area contributed by atoms with Gasteiger partial charge in [-0.15, -0.1) is 0 Å². The molecule has 0 aromatic rings. The summed E-state index contributed by atoms with van der Waals surface area (Å²) < 4.78 is 223. The fourth-order valence-electron chi connectivity index (χ4n) is 1.70. The van der Waals surface area contributed by atoms with Crippen LogP contribution in [0, 0.1) is 0 Å². The first kappa shape index (κ1) is 29.0. The molecule has 0 rings (SSSR count). The molecular weight excluding hydrogens is 499 g/mol. The third-order valence-electron chi connectivity index (χ3n) is 3.36. The van der Waals surface area contributed by atoms with Gasteiger partial charge in [0.25, 0.3) is 0 Å². The van der Waals surface area contributed by atoms with E-state index in [1.54, 1.807) is 0 Å². The summed E-state index contributed by atoms with van der Waals surface area (Å²) >= 11 is 0. The molecule has 2 atom stereocenters. The minimum atomic E-state index is -8.74. The summed E-state index contributed by atoms with van der Waals surface area (Å²) in [6.07, 6.45) is -24.3. The molecule has 0 aliphatic carbocycles. The van der Waals surface area contributed by atoms with E-state index < -0.39 is 59.4 Å². The average Bonchev–Trinajstić information content (AvgIpc) is 2.49.